The topological polar surface area (TPSA) is 83.0 Å². The molecule has 3 aromatic carbocycles. The zero-order chi connectivity index (χ0) is 29.1. The molecule has 4 aliphatic rings. The minimum Gasteiger partial charge on any atom is -0.508 e. The predicted molar refractivity (Wildman–Crippen MR) is 166 cm³/mol. The van der Waals surface area contributed by atoms with Crippen molar-refractivity contribution in [2.75, 3.05) is 50.8 Å². The van der Waals surface area contributed by atoms with Gasteiger partial charge in [-0.25, -0.2) is 4.39 Å². The second-order valence-corrected chi connectivity index (χ2v) is 12.9. The fourth-order valence-electron chi connectivity index (χ4n) is 7.19. The molecule has 1 spiro atoms. The number of benzene rings is 3. The fraction of sp³-hybridized carbons (Fsp3) is 0.455. The minimum atomic E-state index is -0.548. The van der Waals surface area contributed by atoms with E-state index >= 15 is 4.39 Å². The molecule has 0 radical (unpaired) electrons. The Kier molecular flexibility index (Phi) is 6.82. The minimum absolute atomic E-state index is 0.0424. The van der Waals surface area contributed by atoms with Gasteiger partial charge in [0.05, 0.1) is 23.8 Å². The first-order valence-corrected chi connectivity index (χ1v) is 15.7. The van der Waals surface area contributed by atoms with Crippen molar-refractivity contribution < 1.29 is 19.0 Å². The van der Waals surface area contributed by atoms with Crippen LogP contribution in [0.25, 0.3) is 32.8 Å². The van der Waals surface area contributed by atoms with Gasteiger partial charge in [0.25, 0.3) is 0 Å². The number of aromatic nitrogens is 2. The summed E-state index contributed by atoms with van der Waals surface area (Å²) in [7, 11) is 0. The normalized spacial score (nSPS) is 23.0. The van der Waals surface area contributed by atoms with Crippen molar-refractivity contribution in [2.45, 2.75) is 49.8 Å². The molecule has 1 aromatic heterocycles. The van der Waals surface area contributed by atoms with Crippen LogP contribution in [0.2, 0.25) is 5.02 Å². The van der Waals surface area contributed by atoms with Gasteiger partial charge in [-0.3, -0.25) is 4.90 Å². The van der Waals surface area contributed by atoms with Gasteiger partial charge in [-0.05, 0) is 66.6 Å². The van der Waals surface area contributed by atoms with E-state index in [9.17, 15) is 5.11 Å². The third kappa shape index (κ3) is 5.16. The molecule has 2 N–H and O–H groups in total. The lowest BCUT2D eigenvalue weighted by atomic mass is 9.96. The van der Waals surface area contributed by atoms with Gasteiger partial charge < -0.3 is 24.8 Å². The number of halogens is 2. The number of hydrogen-bond acceptors (Lipinski definition) is 8. The molecule has 8 nitrogen and oxygen atoms in total. The van der Waals surface area contributed by atoms with E-state index in [0.717, 1.165) is 82.2 Å². The molecule has 1 saturated carbocycles. The number of phenols is 1. The van der Waals surface area contributed by atoms with E-state index in [1.54, 1.807) is 18.2 Å². The van der Waals surface area contributed by atoms with Gasteiger partial charge in [0.2, 0.25) is 0 Å². The number of piperazine rings is 1. The van der Waals surface area contributed by atoms with Gasteiger partial charge in [0.15, 0.2) is 5.82 Å². The molecular weight excluding hydrogens is 569 g/mol. The largest absolute Gasteiger partial charge is 0.508 e. The van der Waals surface area contributed by atoms with E-state index < -0.39 is 5.82 Å². The number of ether oxygens (including phenoxy) is 2. The maximum absolute atomic E-state index is 16.7. The summed E-state index contributed by atoms with van der Waals surface area (Å²) >= 11 is 6.86. The number of anilines is 1. The van der Waals surface area contributed by atoms with Gasteiger partial charge in [0.1, 0.15) is 17.1 Å². The number of rotatable bonds is 7. The van der Waals surface area contributed by atoms with Gasteiger partial charge in [-0.15, -0.1) is 0 Å². The molecule has 8 rings (SSSR count). The highest BCUT2D eigenvalue weighted by Crippen LogP contribution is 2.43. The molecule has 43 heavy (non-hydrogen) atoms. The second-order valence-electron chi connectivity index (χ2n) is 12.5. The van der Waals surface area contributed by atoms with Gasteiger partial charge in [-0.1, -0.05) is 35.9 Å². The first-order chi connectivity index (χ1) is 20.9. The summed E-state index contributed by atoms with van der Waals surface area (Å²) < 4.78 is 28.8. The third-order valence-corrected chi connectivity index (χ3v) is 9.76. The lowest BCUT2D eigenvalue weighted by Gasteiger charge is -2.34. The van der Waals surface area contributed by atoms with Crippen LogP contribution in [0, 0.1) is 5.82 Å². The third-order valence-electron chi connectivity index (χ3n) is 9.46. The maximum atomic E-state index is 16.7. The van der Waals surface area contributed by atoms with Crippen molar-refractivity contribution in [3.63, 3.8) is 0 Å². The smallest absolute Gasteiger partial charge is 0.319 e. The van der Waals surface area contributed by atoms with Crippen LogP contribution in [0.15, 0.2) is 42.5 Å². The molecule has 224 valence electrons. The van der Waals surface area contributed by atoms with E-state index in [1.165, 1.54) is 0 Å². The van der Waals surface area contributed by atoms with Crippen LogP contribution in [-0.4, -0.2) is 83.6 Å². The summed E-state index contributed by atoms with van der Waals surface area (Å²) in [5, 5.41) is 16.5. The molecule has 10 heteroatoms. The van der Waals surface area contributed by atoms with Crippen molar-refractivity contribution in [1.29, 1.82) is 0 Å². The Morgan fingerprint density at radius 1 is 1.09 bits per heavy atom. The molecule has 4 heterocycles. The quantitative estimate of drug-likeness (QED) is 0.267. The van der Waals surface area contributed by atoms with E-state index in [1.807, 2.05) is 24.3 Å². The monoisotopic (exact) mass is 603 g/mol. The van der Waals surface area contributed by atoms with Crippen molar-refractivity contribution in [3.8, 4) is 22.9 Å². The predicted octanol–water partition coefficient (Wildman–Crippen LogP) is 5.52. The number of morpholine rings is 1. The Balaban J connectivity index is 1.15. The number of fused-ring (bicyclic) bond motifs is 4. The van der Waals surface area contributed by atoms with E-state index in [-0.39, 0.29) is 33.5 Å². The molecule has 3 saturated heterocycles. The fourth-order valence-corrected chi connectivity index (χ4v) is 7.49. The Morgan fingerprint density at radius 3 is 2.72 bits per heavy atom. The van der Waals surface area contributed by atoms with E-state index in [4.69, 9.17) is 26.1 Å². The number of nitrogens with zero attached hydrogens (tertiary/aromatic N) is 4. The lowest BCUT2D eigenvalue weighted by Crippen LogP contribution is -2.51. The lowest BCUT2D eigenvalue weighted by molar-refractivity contribution is -0.0468. The second kappa shape index (κ2) is 10.7. The molecule has 2 bridgehead atoms. The van der Waals surface area contributed by atoms with Crippen LogP contribution in [-0.2, 0) is 4.74 Å². The summed E-state index contributed by atoms with van der Waals surface area (Å²) in [5.74, 6) is 0.143. The Labute approximate surface area is 254 Å². The molecule has 4 fully saturated rings. The molecule has 4 aromatic rings. The highest BCUT2D eigenvalue weighted by Gasteiger charge is 2.47. The average Bonchev–Trinajstić information content (AvgIpc) is 3.66. The zero-order valence-electron chi connectivity index (χ0n) is 24.0. The Hall–Kier alpha value is -3.24. The van der Waals surface area contributed by atoms with Gasteiger partial charge >= 0.3 is 6.01 Å². The zero-order valence-corrected chi connectivity index (χ0v) is 24.7. The van der Waals surface area contributed by atoms with E-state index in [0.29, 0.717) is 35.5 Å². The molecule has 0 amide bonds. The number of nitrogens with one attached hydrogen (secondary N) is 1. The summed E-state index contributed by atoms with van der Waals surface area (Å²) in [5.41, 5.74) is 0.983. The molecule has 3 aliphatic heterocycles. The van der Waals surface area contributed by atoms with Crippen LogP contribution >= 0.6 is 11.6 Å². The molecular formula is C33H35ClFN5O3. The highest BCUT2D eigenvalue weighted by molar-refractivity contribution is 6.35. The number of aromatic hydroxyl groups is 1. The van der Waals surface area contributed by atoms with Crippen LogP contribution < -0.4 is 15.0 Å². The number of hydrogen-bond donors (Lipinski definition) is 2. The van der Waals surface area contributed by atoms with Crippen molar-refractivity contribution in [2.24, 2.45) is 0 Å². The summed E-state index contributed by atoms with van der Waals surface area (Å²) in [6, 6.07) is 13.5. The highest BCUT2D eigenvalue weighted by atomic mass is 35.5. The van der Waals surface area contributed by atoms with Crippen LogP contribution in [0.4, 0.5) is 10.2 Å². The number of phenolic OH excluding ortho intramolecular Hbond substituents is 1. The van der Waals surface area contributed by atoms with Crippen molar-refractivity contribution in [3.05, 3.63) is 53.3 Å². The van der Waals surface area contributed by atoms with Gasteiger partial charge in [-0.2, -0.15) is 9.97 Å². The van der Waals surface area contributed by atoms with Crippen LogP contribution in [0.3, 0.4) is 0 Å². The Bertz CT molecular complexity index is 1700. The van der Waals surface area contributed by atoms with Crippen molar-refractivity contribution >= 4 is 39.1 Å². The average molecular weight is 604 g/mol. The Morgan fingerprint density at radius 2 is 1.91 bits per heavy atom. The molecule has 1 aliphatic carbocycles. The maximum Gasteiger partial charge on any atom is 0.319 e. The van der Waals surface area contributed by atoms with Gasteiger partial charge in [0, 0.05) is 55.8 Å². The van der Waals surface area contributed by atoms with Crippen molar-refractivity contribution in [1.82, 2.24) is 20.2 Å². The molecule has 2 atom stereocenters. The summed E-state index contributed by atoms with van der Waals surface area (Å²) in [6.45, 7) is 5.59. The summed E-state index contributed by atoms with van der Waals surface area (Å²) in [4.78, 5) is 14.1. The van der Waals surface area contributed by atoms with Crippen LogP contribution in [0.1, 0.15) is 32.1 Å². The molecule has 2 unspecified atom stereocenters. The standard InChI is InChI=1S/C33H35ClFN5O3/c34-27-16-26-30(29(35)28(27)25-15-23(41)14-20-4-1-2-5-24(20)25)37-32(38-31(26)40-17-21-6-7-22(18-40)36-21)42-12-3-10-39-11-13-43-33(19-39)8-9-33/h1-2,4-5,14-16,21-22,36,41H,3,6-13,17-19H2. The summed E-state index contributed by atoms with van der Waals surface area (Å²) in [6.07, 6.45) is 5.34. The van der Waals surface area contributed by atoms with Crippen LogP contribution in [0.5, 0.6) is 11.8 Å². The van der Waals surface area contributed by atoms with E-state index in [2.05, 4.69) is 20.1 Å². The first-order valence-electron chi connectivity index (χ1n) is 15.4. The first kappa shape index (κ1) is 27.3. The SMILES string of the molecule is Oc1cc(-c2c(Cl)cc3c(N4CC5CCC(C4)N5)nc(OCCCN4CCOC5(CC5)C4)nc3c2F)c2ccccc2c1.